The molecule has 176 valence electrons. The van der Waals surface area contributed by atoms with E-state index in [0.29, 0.717) is 27.4 Å². The number of benzene rings is 2. The van der Waals surface area contributed by atoms with Gasteiger partial charge in [0.25, 0.3) is 0 Å². The molecule has 10 heteroatoms. The van der Waals surface area contributed by atoms with Gasteiger partial charge in [-0.25, -0.2) is 18.6 Å². The van der Waals surface area contributed by atoms with Crippen LogP contribution in [0.5, 0.6) is 0 Å². The van der Waals surface area contributed by atoms with Crippen LogP contribution in [0.3, 0.4) is 0 Å². The van der Waals surface area contributed by atoms with Crippen molar-refractivity contribution in [2.75, 3.05) is 5.32 Å². The lowest BCUT2D eigenvalue weighted by Crippen LogP contribution is -2.19. The first-order valence-electron chi connectivity index (χ1n) is 10.3. The van der Waals surface area contributed by atoms with Crippen LogP contribution in [-0.2, 0) is 16.7 Å². The number of nitrogens with zero attached hydrogens (tertiary/aromatic N) is 3. The first kappa shape index (κ1) is 24.2. The minimum atomic E-state index is -2.23. The zero-order chi connectivity index (χ0) is 24.6. The summed E-state index contributed by atoms with van der Waals surface area (Å²) >= 11 is 4.24. The van der Waals surface area contributed by atoms with Gasteiger partial charge in [0.1, 0.15) is 11.4 Å². The van der Waals surface area contributed by atoms with Crippen LogP contribution in [0.25, 0.3) is 22.0 Å². The Hall–Kier alpha value is -2.98. The van der Waals surface area contributed by atoms with E-state index in [-0.39, 0.29) is 10.5 Å². The molecule has 0 bridgehead atoms. The molecule has 4 aromatic rings. The Labute approximate surface area is 203 Å². The lowest BCUT2D eigenvalue weighted by atomic mass is 10.0. The summed E-state index contributed by atoms with van der Waals surface area (Å²) in [5.74, 6) is -0.195. The molecule has 0 saturated carbocycles. The van der Waals surface area contributed by atoms with Gasteiger partial charge in [-0.2, -0.15) is 0 Å². The van der Waals surface area contributed by atoms with Crippen LogP contribution in [-0.4, -0.2) is 28.8 Å². The standard InChI is InChI=1S/C24H22ClFN4O3S/c1-13(17-9-16(34(32)33)5-6-20(17)26)30-22-18-8-14(4-7-21(18)27-12-19(22)25)15-10-28-23(29-11-15)24(2,3)31/h4-13,31H,1-3H3,(H,27,30)(H,32,33)/t13-/m1/s1. The number of fused-ring (bicyclic) bond motifs is 1. The zero-order valence-electron chi connectivity index (χ0n) is 18.6. The second-order valence-electron chi connectivity index (χ2n) is 8.37. The summed E-state index contributed by atoms with van der Waals surface area (Å²) in [6, 6.07) is 8.81. The lowest BCUT2D eigenvalue weighted by Gasteiger charge is -2.20. The molecule has 34 heavy (non-hydrogen) atoms. The molecule has 0 amide bonds. The number of pyridine rings is 1. The number of hydrogen-bond acceptors (Lipinski definition) is 6. The molecule has 0 radical (unpaired) electrons. The van der Waals surface area contributed by atoms with Crippen molar-refractivity contribution in [1.29, 1.82) is 0 Å². The van der Waals surface area contributed by atoms with Crippen molar-refractivity contribution in [2.24, 2.45) is 0 Å². The van der Waals surface area contributed by atoms with Gasteiger partial charge in [0.05, 0.1) is 27.2 Å². The third kappa shape index (κ3) is 4.92. The molecular weight excluding hydrogens is 479 g/mol. The Bertz CT molecular complexity index is 1390. The Morgan fingerprint density at radius 1 is 1.06 bits per heavy atom. The SMILES string of the molecule is C[C@@H](Nc1c(Cl)cnc2ccc(-c3cnc(C(C)(C)O)nc3)cc12)c1cc(S(=O)O)ccc1F. The molecule has 0 aliphatic rings. The summed E-state index contributed by atoms with van der Waals surface area (Å²) in [6.45, 7) is 4.96. The number of aliphatic hydroxyl groups is 1. The zero-order valence-corrected chi connectivity index (χ0v) is 20.2. The number of hydrogen-bond donors (Lipinski definition) is 3. The molecule has 2 atom stereocenters. The number of nitrogens with one attached hydrogen (secondary N) is 1. The van der Waals surface area contributed by atoms with E-state index in [2.05, 4.69) is 20.3 Å². The molecule has 0 saturated heterocycles. The van der Waals surface area contributed by atoms with Crippen LogP contribution in [0.4, 0.5) is 10.1 Å². The van der Waals surface area contributed by atoms with Crippen molar-refractivity contribution in [3.63, 3.8) is 0 Å². The quantitative estimate of drug-likeness (QED) is 0.301. The van der Waals surface area contributed by atoms with Crippen LogP contribution in [0.2, 0.25) is 5.02 Å². The Balaban J connectivity index is 1.74. The maximum Gasteiger partial charge on any atom is 0.186 e. The van der Waals surface area contributed by atoms with Gasteiger partial charge in [-0.1, -0.05) is 17.7 Å². The highest BCUT2D eigenvalue weighted by Crippen LogP contribution is 2.35. The van der Waals surface area contributed by atoms with Crippen molar-refractivity contribution >= 4 is 39.3 Å². The predicted molar refractivity (Wildman–Crippen MR) is 130 cm³/mol. The van der Waals surface area contributed by atoms with Crippen molar-refractivity contribution < 1.29 is 18.3 Å². The van der Waals surface area contributed by atoms with Crippen molar-refractivity contribution in [2.45, 2.75) is 37.3 Å². The number of anilines is 1. The molecular formula is C24H22ClFN4O3S. The topological polar surface area (TPSA) is 108 Å². The van der Waals surface area contributed by atoms with Crippen molar-refractivity contribution in [1.82, 2.24) is 15.0 Å². The van der Waals surface area contributed by atoms with Crippen LogP contribution in [0, 0.1) is 5.82 Å². The first-order valence-corrected chi connectivity index (χ1v) is 11.8. The maximum atomic E-state index is 14.5. The molecule has 0 fully saturated rings. The van der Waals surface area contributed by atoms with Gasteiger partial charge in [0.15, 0.2) is 16.9 Å². The van der Waals surface area contributed by atoms with E-state index in [1.54, 1.807) is 33.2 Å². The van der Waals surface area contributed by atoms with E-state index in [4.69, 9.17) is 11.6 Å². The van der Waals surface area contributed by atoms with E-state index in [1.165, 1.54) is 24.4 Å². The molecule has 0 aliphatic carbocycles. The fraction of sp³-hybridized carbons (Fsp3) is 0.208. The highest BCUT2D eigenvalue weighted by Gasteiger charge is 2.20. The Morgan fingerprint density at radius 2 is 1.76 bits per heavy atom. The third-order valence-corrected chi connectivity index (χ3v) is 6.29. The largest absolute Gasteiger partial charge is 0.382 e. The van der Waals surface area contributed by atoms with Crippen LogP contribution >= 0.6 is 11.6 Å². The fourth-order valence-electron chi connectivity index (χ4n) is 3.54. The van der Waals surface area contributed by atoms with Gasteiger partial charge >= 0.3 is 0 Å². The smallest absolute Gasteiger partial charge is 0.186 e. The monoisotopic (exact) mass is 500 g/mol. The summed E-state index contributed by atoms with van der Waals surface area (Å²) in [4.78, 5) is 13.0. The fourth-order valence-corrected chi connectivity index (χ4v) is 4.16. The molecule has 1 unspecified atom stereocenters. The molecule has 2 aromatic carbocycles. The third-order valence-electron chi connectivity index (χ3n) is 5.35. The van der Waals surface area contributed by atoms with Gasteiger partial charge in [0.2, 0.25) is 0 Å². The van der Waals surface area contributed by atoms with Crippen LogP contribution in [0.15, 0.2) is 59.9 Å². The summed E-state index contributed by atoms with van der Waals surface area (Å²) in [5.41, 5.74) is 1.83. The molecule has 4 rings (SSSR count). The molecule has 7 nitrogen and oxygen atoms in total. The number of rotatable bonds is 6. The summed E-state index contributed by atoms with van der Waals surface area (Å²) in [5, 5.41) is 14.4. The normalized spacial score (nSPS) is 13.6. The van der Waals surface area contributed by atoms with E-state index in [9.17, 15) is 18.3 Å². The minimum Gasteiger partial charge on any atom is -0.382 e. The van der Waals surface area contributed by atoms with Crippen molar-refractivity contribution in [3.05, 3.63) is 77.2 Å². The average molecular weight is 501 g/mol. The lowest BCUT2D eigenvalue weighted by molar-refractivity contribution is 0.0687. The van der Waals surface area contributed by atoms with E-state index < -0.39 is 28.5 Å². The average Bonchev–Trinajstić information content (AvgIpc) is 2.80. The predicted octanol–water partition coefficient (Wildman–Crippen LogP) is 5.47. The summed E-state index contributed by atoms with van der Waals surface area (Å²) < 4.78 is 35.3. The minimum absolute atomic E-state index is 0.104. The van der Waals surface area contributed by atoms with E-state index >= 15 is 0 Å². The number of halogens is 2. The van der Waals surface area contributed by atoms with Crippen LogP contribution in [0.1, 0.15) is 38.2 Å². The Kier molecular flexibility index (Phi) is 6.64. The highest BCUT2D eigenvalue weighted by atomic mass is 35.5. The molecule has 2 heterocycles. The summed E-state index contributed by atoms with van der Waals surface area (Å²) in [7, 11) is 0. The first-order chi connectivity index (χ1) is 16.0. The van der Waals surface area contributed by atoms with Gasteiger partial charge in [-0.05, 0) is 56.7 Å². The van der Waals surface area contributed by atoms with E-state index in [1.807, 2.05) is 18.2 Å². The van der Waals surface area contributed by atoms with E-state index in [0.717, 1.165) is 11.1 Å². The Morgan fingerprint density at radius 3 is 2.41 bits per heavy atom. The van der Waals surface area contributed by atoms with Crippen molar-refractivity contribution in [3.8, 4) is 11.1 Å². The van der Waals surface area contributed by atoms with Gasteiger partial charge in [0, 0.05) is 35.1 Å². The molecule has 0 aliphatic heterocycles. The second kappa shape index (κ2) is 9.34. The van der Waals surface area contributed by atoms with Crippen LogP contribution < -0.4 is 5.32 Å². The summed E-state index contributed by atoms with van der Waals surface area (Å²) in [6.07, 6.45) is 4.77. The van der Waals surface area contributed by atoms with Gasteiger partial charge < -0.3 is 15.0 Å². The van der Waals surface area contributed by atoms with Gasteiger partial charge in [-0.15, -0.1) is 0 Å². The van der Waals surface area contributed by atoms with Gasteiger partial charge in [-0.3, -0.25) is 4.98 Å². The number of aromatic nitrogens is 3. The maximum absolute atomic E-state index is 14.5. The molecule has 2 aromatic heterocycles. The molecule has 0 spiro atoms. The molecule has 3 N–H and O–H groups in total. The highest BCUT2D eigenvalue weighted by molar-refractivity contribution is 7.79. The second-order valence-corrected chi connectivity index (χ2v) is 9.74.